The third-order valence-electron chi connectivity index (χ3n) is 6.34. The number of rotatable bonds is 9. The van der Waals surface area contributed by atoms with E-state index in [1.54, 1.807) is 17.5 Å². The summed E-state index contributed by atoms with van der Waals surface area (Å²) in [7, 11) is -4.42. The average molecular weight is 630 g/mol. The van der Waals surface area contributed by atoms with Crippen molar-refractivity contribution >= 4 is 38.6 Å². The number of alkyl halides is 4. The molecule has 5 rings (SSSR count). The molecular formula is C25H20F5N5O5S2. The largest absolute Gasteiger partial charge is 0.387 e. The molecule has 10 nitrogen and oxygen atoms in total. The normalized spacial score (nSPS) is 17.1. The van der Waals surface area contributed by atoms with E-state index >= 15 is 0 Å². The number of allylic oxidation sites excluding steroid dienone is 2. The van der Waals surface area contributed by atoms with Crippen molar-refractivity contribution in [3.8, 4) is 0 Å². The SMILES string of the molecule is O=C(Cn1nc(C(F)F)cc1C(F)F)N1C=CC(c2nc(C3=NO[C@@H](c4c(F)cccc4CS(=O)(=O)O)C3)cs2)=CC1. The van der Waals surface area contributed by atoms with Crippen LogP contribution in [-0.4, -0.2) is 50.8 Å². The van der Waals surface area contributed by atoms with Gasteiger partial charge in [-0.25, -0.2) is 26.9 Å². The number of thiazole rings is 1. The molecule has 2 aromatic heterocycles. The Balaban J connectivity index is 1.24. The first-order valence-corrected chi connectivity index (χ1v) is 14.6. The maximum absolute atomic E-state index is 14.6. The molecule has 0 spiro atoms. The fourth-order valence-corrected chi connectivity index (χ4v) is 5.90. The molecule has 2 aliphatic heterocycles. The molecule has 2 aliphatic rings. The zero-order valence-corrected chi connectivity index (χ0v) is 22.8. The first kappa shape index (κ1) is 29.5. The van der Waals surface area contributed by atoms with Crippen LogP contribution in [0.5, 0.6) is 0 Å². The van der Waals surface area contributed by atoms with Gasteiger partial charge in [-0.1, -0.05) is 23.4 Å². The number of aromatic nitrogens is 3. The monoisotopic (exact) mass is 629 g/mol. The van der Waals surface area contributed by atoms with E-state index in [1.165, 1.54) is 34.6 Å². The number of hydrogen-bond donors (Lipinski definition) is 1. The molecule has 42 heavy (non-hydrogen) atoms. The molecule has 0 aliphatic carbocycles. The van der Waals surface area contributed by atoms with Gasteiger partial charge < -0.3 is 9.74 Å². The minimum absolute atomic E-state index is 0.0341. The van der Waals surface area contributed by atoms with E-state index in [1.807, 2.05) is 0 Å². The molecule has 4 heterocycles. The summed E-state index contributed by atoms with van der Waals surface area (Å²) in [6, 6.07) is 4.42. The molecular weight excluding hydrogens is 609 g/mol. The molecule has 0 bridgehead atoms. The molecule has 0 unspecified atom stereocenters. The predicted molar refractivity (Wildman–Crippen MR) is 140 cm³/mol. The Hall–Kier alpha value is -3.96. The van der Waals surface area contributed by atoms with Crippen LogP contribution in [0.25, 0.3) is 5.57 Å². The van der Waals surface area contributed by atoms with Crippen molar-refractivity contribution in [1.82, 2.24) is 19.7 Å². The van der Waals surface area contributed by atoms with Crippen LogP contribution in [0.4, 0.5) is 22.0 Å². The number of halogens is 5. The smallest absolute Gasteiger partial charge is 0.282 e. The Morgan fingerprint density at radius 1 is 1.21 bits per heavy atom. The van der Waals surface area contributed by atoms with E-state index in [9.17, 15) is 39.7 Å². The number of nitrogens with zero attached hydrogens (tertiary/aromatic N) is 5. The van der Waals surface area contributed by atoms with Gasteiger partial charge in [0.25, 0.3) is 23.0 Å². The van der Waals surface area contributed by atoms with Crippen LogP contribution in [-0.2, 0) is 32.0 Å². The van der Waals surface area contributed by atoms with E-state index in [4.69, 9.17) is 4.84 Å². The number of hydrogen-bond acceptors (Lipinski definition) is 8. The standard InChI is InChI=1S/C25H20F5N5O5S2/c26-15-3-1-2-14(12-42(37,38)39)22(15)20-9-16(33-40-20)18-11-41-25(31-18)13-4-6-34(7-5-13)21(36)10-35-19(24(29)30)8-17(32-35)23(27)28/h1-6,8,11,20,23-24H,7,9-10,12H2,(H,37,38,39)/t20-/m1/s1. The highest BCUT2D eigenvalue weighted by molar-refractivity contribution is 7.85. The van der Waals surface area contributed by atoms with E-state index in [2.05, 4.69) is 15.2 Å². The third-order valence-corrected chi connectivity index (χ3v) is 7.91. The minimum atomic E-state index is -4.42. The second kappa shape index (κ2) is 11.7. The van der Waals surface area contributed by atoms with Crippen molar-refractivity contribution in [1.29, 1.82) is 0 Å². The lowest BCUT2D eigenvalue weighted by atomic mass is 9.98. The van der Waals surface area contributed by atoms with Crippen LogP contribution >= 0.6 is 11.3 Å². The highest BCUT2D eigenvalue weighted by Gasteiger charge is 2.31. The predicted octanol–water partition coefficient (Wildman–Crippen LogP) is 5.05. The van der Waals surface area contributed by atoms with Gasteiger partial charge in [-0.05, 0) is 23.8 Å². The van der Waals surface area contributed by atoms with E-state index in [0.29, 0.717) is 32.7 Å². The lowest BCUT2D eigenvalue weighted by Gasteiger charge is -2.20. The molecule has 0 fully saturated rings. The van der Waals surface area contributed by atoms with Crippen molar-refractivity contribution in [2.45, 2.75) is 37.7 Å². The number of amides is 1. The lowest BCUT2D eigenvalue weighted by molar-refractivity contribution is -0.129. The number of carbonyl (C=O) groups excluding carboxylic acids is 1. The van der Waals surface area contributed by atoms with Gasteiger partial charge in [0.15, 0.2) is 6.10 Å². The summed E-state index contributed by atoms with van der Waals surface area (Å²) in [5.74, 6) is -2.14. The zero-order valence-electron chi connectivity index (χ0n) is 21.2. The van der Waals surface area contributed by atoms with Gasteiger partial charge in [0, 0.05) is 35.7 Å². The number of oxime groups is 1. The summed E-state index contributed by atoms with van der Waals surface area (Å²) < 4.78 is 99.5. The highest BCUT2D eigenvalue weighted by Crippen LogP contribution is 2.35. The molecule has 0 saturated heterocycles. The Morgan fingerprint density at radius 3 is 2.67 bits per heavy atom. The maximum atomic E-state index is 14.6. The van der Waals surface area contributed by atoms with Gasteiger partial charge in [-0.2, -0.15) is 13.5 Å². The topological polar surface area (TPSA) is 127 Å². The van der Waals surface area contributed by atoms with Crippen molar-refractivity contribution in [3.63, 3.8) is 0 Å². The summed E-state index contributed by atoms with van der Waals surface area (Å²) in [6.45, 7) is -0.598. The molecule has 222 valence electrons. The summed E-state index contributed by atoms with van der Waals surface area (Å²) >= 11 is 1.25. The summed E-state index contributed by atoms with van der Waals surface area (Å²) in [6.07, 6.45) is -2.34. The molecule has 3 aromatic rings. The van der Waals surface area contributed by atoms with Crippen molar-refractivity contribution in [2.75, 3.05) is 6.54 Å². The fraction of sp³-hybridized carbons (Fsp3) is 0.280. The highest BCUT2D eigenvalue weighted by atomic mass is 32.2. The second-order valence-corrected chi connectivity index (χ2v) is 11.5. The van der Waals surface area contributed by atoms with Crippen LogP contribution in [0.15, 0.2) is 53.2 Å². The van der Waals surface area contributed by atoms with Gasteiger partial charge in [0.05, 0.1) is 5.69 Å². The van der Waals surface area contributed by atoms with Gasteiger partial charge in [0.2, 0.25) is 5.91 Å². The van der Waals surface area contributed by atoms with Gasteiger partial charge in [-0.3, -0.25) is 14.0 Å². The first-order valence-electron chi connectivity index (χ1n) is 12.1. The van der Waals surface area contributed by atoms with Crippen LogP contribution in [0.1, 0.15) is 58.6 Å². The third kappa shape index (κ3) is 6.42. The molecule has 0 saturated carbocycles. The number of benzene rings is 1. The van der Waals surface area contributed by atoms with Crippen LogP contribution < -0.4 is 0 Å². The van der Waals surface area contributed by atoms with Crippen molar-refractivity contribution in [2.24, 2.45) is 5.16 Å². The average Bonchev–Trinajstić information content (AvgIpc) is 3.68. The summed E-state index contributed by atoms with van der Waals surface area (Å²) in [4.78, 5) is 23.8. The van der Waals surface area contributed by atoms with Crippen molar-refractivity contribution < 1.29 is 44.6 Å². The van der Waals surface area contributed by atoms with Crippen molar-refractivity contribution in [3.05, 3.63) is 87.0 Å². The first-order chi connectivity index (χ1) is 19.9. The van der Waals surface area contributed by atoms with Crippen LogP contribution in [0, 0.1) is 5.82 Å². The second-order valence-electron chi connectivity index (χ2n) is 9.19. The Bertz CT molecular complexity index is 1720. The molecule has 1 atom stereocenters. The van der Waals surface area contributed by atoms with Crippen LogP contribution in [0.3, 0.4) is 0 Å². The molecule has 0 radical (unpaired) electrons. The summed E-state index contributed by atoms with van der Waals surface area (Å²) in [5.41, 5.74) is -0.149. The van der Waals surface area contributed by atoms with Crippen LogP contribution in [0.2, 0.25) is 0 Å². The lowest BCUT2D eigenvalue weighted by Crippen LogP contribution is -2.31. The van der Waals surface area contributed by atoms with Gasteiger partial charge in [0.1, 0.15) is 40.2 Å². The van der Waals surface area contributed by atoms with E-state index in [0.717, 1.165) is 6.07 Å². The maximum Gasteiger partial charge on any atom is 0.282 e. The van der Waals surface area contributed by atoms with Gasteiger partial charge >= 0.3 is 0 Å². The van der Waals surface area contributed by atoms with Gasteiger partial charge in [-0.15, -0.1) is 11.3 Å². The molecule has 17 heteroatoms. The van der Waals surface area contributed by atoms with E-state index < -0.39 is 64.5 Å². The molecule has 1 amide bonds. The Morgan fingerprint density at radius 2 is 2.00 bits per heavy atom. The fourth-order valence-electron chi connectivity index (χ4n) is 4.41. The quantitative estimate of drug-likeness (QED) is 0.259. The Labute approximate surface area is 239 Å². The minimum Gasteiger partial charge on any atom is -0.387 e. The Kier molecular flexibility index (Phi) is 8.25. The zero-order chi connectivity index (χ0) is 30.2. The molecule has 1 aromatic carbocycles. The van der Waals surface area contributed by atoms with E-state index in [-0.39, 0.29) is 24.1 Å². The summed E-state index contributed by atoms with van der Waals surface area (Å²) in [5, 5.41) is 9.66. The molecule has 1 N–H and O–H groups in total. The number of carbonyl (C=O) groups is 1.